The quantitative estimate of drug-likeness (QED) is 0.507. The molecule has 0 amide bonds. The summed E-state index contributed by atoms with van der Waals surface area (Å²) in [5.41, 5.74) is 5.85. The second kappa shape index (κ2) is 5.92. The van der Waals surface area contributed by atoms with E-state index in [0.717, 1.165) is 13.0 Å². The van der Waals surface area contributed by atoms with Crippen molar-refractivity contribution in [1.82, 2.24) is 4.90 Å². The van der Waals surface area contributed by atoms with Crippen LogP contribution in [0.15, 0.2) is 0 Å². The summed E-state index contributed by atoms with van der Waals surface area (Å²) in [7, 11) is 2.20. The molecule has 1 atom stereocenters. The molecule has 0 bridgehead atoms. The van der Waals surface area contributed by atoms with Crippen LogP contribution in [0.2, 0.25) is 0 Å². The molecule has 0 aromatic heterocycles. The summed E-state index contributed by atoms with van der Waals surface area (Å²) in [6.45, 7) is 3.39. The molecule has 1 rings (SSSR count). The first-order valence-electron chi connectivity index (χ1n) is 6.01. The topological polar surface area (TPSA) is 53.1 Å². The normalized spacial score (nSPS) is 19.8. The third-order valence-electron chi connectivity index (χ3n) is 3.60. The van der Waals surface area contributed by atoms with E-state index in [0.29, 0.717) is 17.3 Å². The van der Waals surface area contributed by atoms with Crippen LogP contribution in [0, 0.1) is 10.8 Å². The van der Waals surface area contributed by atoms with Gasteiger partial charge in [0.1, 0.15) is 0 Å². The van der Waals surface area contributed by atoms with Crippen LogP contribution in [-0.2, 0) is 0 Å². The highest BCUT2D eigenvalue weighted by atomic mass is 32.2. The zero-order valence-electron chi connectivity index (χ0n) is 10.8. The number of amidine groups is 1. The van der Waals surface area contributed by atoms with Crippen molar-refractivity contribution >= 4 is 17.6 Å². The summed E-state index contributed by atoms with van der Waals surface area (Å²) in [5.74, 6) is 1.58. The minimum atomic E-state index is 0.341. The zero-order chi connectivity index (χ0) is 12.2. The largest absolute Gasteiger partial charge is 0.388 e. The molecule has 3 nitrogen and oxygen atoms in total. The van der Waals surface area contributed by atoms with E-state index in [-0.39, 0.29) is 0 Å². The number of hydrogen-bond donors (Lipinski definition) is 2. The second-order valence-electron chi connectivity index (χ2n) is 5.25. The average molecular weight is 243 g/mol. The lowest BCUT2D eigenvalue weighted by atomic mass is 10.0. The molecule has 0 aliphatic heterocycles. The smallest absolute Gasteiger partial charge is 0.0911 e. The zero-order valence-corrected chi connectivity index (χ0v) is 11.6. The van der Waals surface area contributed by atoms with Crippen LogP contribution in [0.5, 0.6) is 0 Å². The predicted octanol–water partition coefficient (Wildman–Crippen LogP) is 2.17. The van der Waals surface area contributed by atoms with Gasteiger partial charge in [0.25, 0.3) is 0 Å². The minimum Gasteiger partial charge on any atom is -0.388 e. The maximum Gasteiger partial charge on any atom is 0.0911 e. The molecule has 0 aromatic carbocycles. The Balaban J connectivity index is 2.32. The number of nitrogens with zero attached hydrogens (tertiary/aromatic N) is 1. The summed E-state index contributed by atoms with van der Waals surface area (Å²) in [6, 6.07) is 0.636. The molecular formula is C12H25N3S. The first-order valence-corrected chi connectivity index (χ1v) is 7.40. The van der Waals surface area contributed by atoms with E-state index in [1.54, 1.807) is 0 Å². The van der Waals surface area contributed by atoms with Crippen LogP contribution in [0.4, 0.5) is 0 Å². The Kier molecular flexibility index (Phi) is 5.12. The van der Waals surface area contributed by atoms with E-state index in [4.69, 9.17) is 11.1 Å². The molecule has 0 spiro atoms. The summed E-state index contributed by atoms with van der Waals surface area (Å²) >= 11 is 1.91. The molecule has 1 saturated carbocycles. The highest BCUT2D eigenvalue weighted by molar-refractivity contribution is 7.98. The van der Waals surface area contributed by atoms with E-state index >= 15 is 0 Å². The molecule has 0 radical (unpaired) electrons. The molecule has 1 aliphatic rings. The molecule has 0 heterocycles. The third-order valence-corrected chi connectivity index (χ3v) is 4.24. The van der Waals surface area contributed by atoms with Crippen molar-refractivity contribution in [3.63, 3.8) is 0 Å². The van der Waals surface area contributed by atoms with Crippen molar-refractivity contribution in [3.8, 4) is 0 Å². The summed E-state index contributed by atoms with van der Waals surface area (Å²) in [4.78, 5) is 2.44. The van der Waals surface area contributed by atoms with Crippen LogP contribution < -0.4 is 5.73 Å². The molecule has 1 aliphatic carbocycles. The van der Waals surface area contributed by atoms with Gasteiger partial charge >= 0.3 is 0 Å². The lowest BCUT2D eigenvalue weighted by Crippen LogP contribution is -2.36. The standard InChI is InChI=1S/C12H25N3S/c1-10(4-7-16-3)15(2)9-12(5-6-12)8-11(13)14/h10H,4-9H2,1-3H3,(H3,13,14). The lowest BCUT2D eigenvalue weighted by molar-refractivity contribution is 0.206. The summed E-state index contributed by atoms with van der Waals surface area (Å²) < 4.78 is 0. The SMILES string of the molecule is CSCCC(C)N(C)CC1(CC(=N)N)CC1. The lowest BCUT2D eigenvalue weighted by Gasteiger charge is -2.29. The molecule has 16 heavy (non-hydrogen) atoms. The van der Waals surface area contributed by atoms with Gasteiger partial charge in [-0.25, -0.2) is 0 Å². The van der Waals surface area contributed by atoms with Gasteiger partial charge in [0, 0.05) is 19.0 Å². The van der Waals surface area contributed by atoms with E-state index in [2.05, 4.69) is 25.1 Å². The molecular weight excluding hydrogens is 218 g/mol. The number of nitrogens with one attached hydrogen (secondary N) is 1. The highest BCUT2D eigenvalue weighted by Crippen LogP contribution is 2.49. The molecule has 0 aromatic rings. The van der Waals surface area contributed by atoms with Gasteiger partial charge in [-0.15, -0.1) is 0 Å². The average Bonchev–Trinajstić information content (AvgIpc) is 2.92. The van der Waals surface area contributed by atoms with E-state index in [9.17, 15) is 0 Å². The van der Waals surface area contributed by atoms with Gasteiger partial charge < -0.3 is 10.6 Å². The van der Waals surface area contributed by atoms with Gasteiger partial charge in [0.2, 0.25) is 0 Å². The fourth-order valence-corrected chi connectivity index (χ4v) is 2.74. The maximum absolute atomic E-state index is 7.41. The van der Waals surface area contributed by atoms with Gasteiger partial charge in [0.05, 0.1) is 5.84 Å². The van der Waals surface area contributed by atoms with Gasteiger partial charge in [-0.2, -0.15) is 11.8 Å². The summed E-state index contributed by atoms with van der Waals surface area (Å²) in [5, 5.41) is 7.41. The first kappa shape index (κ1) is 13.8. The van der Waals surface area contributed by atoms with E-state index in [1.165, 1.54) is 25.0 Å². The van der Waals surface area contributed by atoms with Gasteiger partial charge in [-0.3, -0.25) is 5.41 Å². The Morgan fingerprint density at radius 3 is 2.62 bits per heavy atom. The van der Waals surface area contributed by atoms with E-state index < -0.39 is 0 Å². The van der Waals surface area contributed by atoms with Crippen LogP contribution >= 0.6 is 11.8 Å². The Morgan fingerprint density at radius 2 is 2.19 bits per heavy atom. The van der Waals surface area contributed by atoms with Gasteiger partial charge in [-0.1, -0.05) is 0 Å². The summed E-state index contributed by atoms with van der Waals surface area (Å²) in [6.07, 6.45) is 6.67. The molecule has 0 saturated heterocycles. The molecule has 1 unspecified atom stereocenters. The Labute approximate surface area is 104 Å². The first-order chi connectivity index (χ1) is 7.49. The van der Waals surface area contributed by atoms with Crippen LogP contribution in [0.3, 0.4) is 0 Å². The maximum atomic E-state index is 7.41. The van der Waals surface area contributed by atoms with Crippen molar-refractivity contribution in [1.29, 1.82) is 5.41 Å². The van der Waals surface area contributed by atoms with Crippen LogP contribution in [0.25, 0.3) is 0 Å². The van der Waals surface area contributed by atoms with Crippen LogP contribution in [-0.4, -0.2) is 42.4 Å². The fraction of sp³-hybridized carbons (Fsp3) is 0.917. The van der Waals surface area contributed by atoms with Crippen molar-refractivity contribution in [2.24, 2.45) is 11.1 Å². The van der Waals surface area contributed by atoms with Crippen molar-refractivity contribution in [2.75, 3.05) is 25.6 Å². The molecule has 1 fully saturated rings. The van der Waals surface area contributed by atoms with Crippen molar-refractivity contribution < 1.29 is 0 Å². The monoisotopic (exact) mass is 243 g/mol. The molecule has 94 valence electrons. The number of nitrogens with two attached hydrogens (primary N) is 1. The Hall–Kier alpha value is -0.220. The molecule has 3 N–H and O–H groups in total. The predicted molar refractivity (Wildman–Crippen MR) is 73.3 cm³/mol. The van der Waals surface area contributed by atoms with E-state index in [1.807, 2.05) is 11.8 Å². The number of hydrogen-bond acceptors (Lipinski definition) is 3. The highest BCUT2D eigenvalue weighted by Gasteiger charge is 2.44. The number of thioether (sulfide) groups is 1. The van der Waals surface area contributed by atoms with Crippen molar-refractivity contribution in [2.45, 2.75) is 38.6 Å². The van der Waals surface area contributed by atoms with Crippen molar-refractivity contribution in [3.05, 3.63) is 0 Å². The minimum absolute atomic E-state index is 0.341. The van der Waals surface area contributed by atoms with Gasteiger partial charge in [-0.05, 0) is 50.7 Å². The molecule has 4 heteroatoms. The van der Waals surface area contributed by atoms with Gasteiger partial charge in [0.15, 0.2) is 0 Å². The number of rotatable bonds is 8. The third kappa shape index (κ3) is 4.34. The van der Waals surface area contributed by atoms with Crippen LogP contribution in [0.1, 0.15) is 32.6 Å². The Bertz CT molecular complexity index is 238. The second-order valence-corrected chi connectivity index (χ2v) is 6.23. The fourth-order valence-electron chi connectivity index (χ4n) is 2.17. The Morgan fingerprint density at radius 1 is 1.56 bits per heavy atom.